The molecule has 0 spiro atoms. The fraction of sp³-hybridized carbons (Fsp3) is 0.765. The van der Waals surface area contributed by atoms with E-state index in [0.717, 1.165) is 12.6 Å². The number of likely N-dealkylation sites (tertiary alicyclic amines) is 1. The topological polar surface area (TPSA) is 86.4 Å². The number of H-pyrrole nitrogens is 1. The summed E-state index contributed by atoms with van der Waals surface area (Å²) in [5.74, 6) is 0.0636. The first kappa shape index (κ1) is 21.1. The molecule has 158 valence electrons. The van der Waals surface area contributed by atoms with Gasteiger partial charge in [0.1, 0.15) is 11.5 Å². The van der Waals surface area contributed by atoms with Crippen molar-refractivity contribution in [3.63, 3.8) is 0 Å². The molecule has 2 fully saturated rings. The van der Waals surface area contributed by atoms with Crippen molar-refractivity contribution in [1.29, 1.82) is 0 Å². The summed E-state index contributed by atoms with van der Waals surface area (Å²) >= 11 is 0. The summed E-state index contributed by atoms with van der Waals surface area (Å²) in [6.45, 7) is 3.51. The van der Waals surface area contributed by atoms with Crippen LogP contribution >= 0.6 is 0 Å². The maximum Gasteiger partial charge on any atom is 0.432 e. The number of sulfone groups is 1. The van der Waals surface area contributed by atoms with Crippen LogP contribution in [0.5, 0.6) is 0 Å². The standard InChI is InChI=1S/C17H25F3N4O3S/c1-2-24(13-5-7-28(26,27)11-13)15(25)10-23-6-3-4-12(9-23)16-21-8-14(22-16)17(18,19)20/h8,12-13H,2-7,9-11H2,1H3,(H,21,22)/t12-,13-/m0/s1. The van der Waals surface area contributed by atoms with Gasteiger partial charge in [-0.3, -0.25) is 9.69 Å². The Morgan fingerprint density at radius 3 is 2.71 bits per heavy atom. The number of hydrogen-bond donors (Lipinski definition) is 1. The molecular formula is C17H25F3N4O3S. The second kappa shape index (κ2) is 8.02. The molecule has 2 aliphatic rings. The molecule has 1 aromatic rings. The van der Waals surface area contributed by atoms with E-state index in [2.05, 4.69) is 9.97 Å². The zero-order chi connectivity index (χ0) is 20.5. The highest BCUT2D eigenvalue weighted by atomic mass is 32.2. The molecule has 0 unspecified atom stereocenters. The molecule has 0 saturated carbocycles. The first-order chi connectivity index (χ1) is 13.1. The van der Waals surface area contributed by atoms with Crippen molar-refractivity contribution in [3.05, 3.63) is 17.7 Å². The number of amides is 1. The van der Waals surface area contributed by atoms with Gasteiger partial charge in [-0.1, -0.05) is 0 Å². The number of aromatic amines is 1. The second-order valence-corrected chi connectivity index (χ2v) is 9.72. The maximum atomic E-state index is 12.8. The molecule has 1 N–H and O–H groups in total. The Hall–Kier alpha value is -1.62. The van der Waals surface area contributed by atoms with Crippen molar-refractivity contribution >= 4 is 15.7 Å². The van der Waals surface area contributed by atoms with Crippen LogP contribution in [0, 0.1) is 0 Å². The number of hydrogen-bond acceptors (Lipinski definition) is 5. The minimum Gasteiger partial charge on any atom is -0.338 e. The molecule has 2 atom stereocenters. The Morgan fingerprint density at radius 1 is 1.39 bits per heavy atom. The summed E-state index contributed by atoms with van der Waals surface area (Å²) in [5, 5.41) is 0. The van der Waals surface area contributed by atoms with Gasteiger partial charge in [-0.15, -0.1) is 0 Å². The third-order valence-electron chi connectivity index (χ3n) is 5.46. The van der Waals surface area contributed by atoms with Crippen LogP contribution in [-0.2, 0) is 20.8 Å². The Labute approximate surface area is 162 Å². The number of imidazole rings is 1. The van der Waals surface area contributed by atoms with E-state index in [1.54, 1.807) is 4.90 Å². The van der Waals surface area contributed by atoms with Crippen molar-refractivity contribution in [3.8, 4) is 0 Å². The summed E-state index contributed by atoms with van der Waals surface area (Å²) in [6.07, 6.45) is -1.74. The van der Waals surface area contributed by atoms with E-state index in [1.165, 1.54) is 0 Å². The van der Waals surface area contributed by atoms with E-state index in [1.807, 2.05) is 11.8 Å². The van der Waals surface area contributed by atoms with Gasteiger partial charge >= 0.3 is 6.18 Å². The number of alkyl halides is 3. The number of aromatic nitrogens is 2. The third-order valence-corrected chi connectivity index (χ3v) is 7.21. The first-order valence-electron chi connectivity index (χ1n) is 9.43. The van der Waals surface area contributed by atoms with Crippen LogP contribution in [-0.4, -0.2) is 77.8 Å². The van der Waals surface area contributed by atoms with Crippen LogP contribution in [0.4, 0.5) is 13.2 Å². The lowest BCUT2D eigenvalue weighted by Gasteiger charge is -2.34. The highest BCUT2D eigenvalue weighted by Gasteiger charge is 2.36. The molecule has 2 saturated heterocycles. The van der Waals surface area contributed by atoms with Crippen molar-refractivity contribution in [2.45, 2.75) is 44.3 Å². The fourth-order valence-electron chi connectivity index (χ4n) is 4.05. The van der Waals surface area contributed by atoms with Gasteiger partial charge in [-0.05, 0) is 32.7 Å². The van der Waals surface area contributed by atoms with Gasteiger partial charge in [-0.2, -0.15) is 13.2 Å². The van der Waals surface area contributed by atoms with Gasteiger partial charge in [-0.25, -0.2) is 13.4 Å². The zero-order valence-electron chi connectivity index (χ0n) is 15.7. The summed E-state index contributed by atoms with van der Waals surface area (Å²) < 4.78 is 61.7. The maximum absolute atomic E-state index is 12.8. The van der Waals surface area contributed by atoms with Crippen molar-refractivity contribution < 1.29 is 26.4 Å². The van der Waals surface area contributed by atoms with Crippen LogP contribution in [0.15, 0.2) is 6.20 Å². The lowest BCUT2D eigenvalue weighted by atomic mass is 9.97. The minimum atomic E-state index is -4.46. The zero-order valence-corrected chi connectivity index (χ0v) is 16.5. The van der Waals surface area contributed by atoms with E-state index in [9.17, 15) is 26.4 Å². The average molecular weight is 422 g/mol. The highest BCUT2D eigenvalue weighted by Crippen LogP contribution is 2.31. The lowest BCUT2D eigenvalue weighted by molar-refractivity contribution is -0.141. The molecule has 2 aliphatic heterocycles. The molecule has 0 bridgehead atoms. The summed E-state index contributed by atoms with van der Waals surface area (Å²) in [4.78, 5) is 22.5. The Morgan fingerprint density at radius 2 is 2.14 bits per heavy atom. The monoisotopic (exact) mass is 422 g/mol. The molecule has 11 heteroatoms. The minimum absolute atomic E-state index is 0.00181. The molecule has 3 heterocycles. The molecule has 0 aliphatic carbocycles. The molecule has 0 radical (unpaired) electrons. The summed E-state index contributed by atoms with van der Waals surface area (Å²) in [7, 11) is -3.08. The smallest absolute Gasteiger partial charge is 0.338 e. The normalized spacial score (nSPS) is 25.7. The number of piperidine rings is 1. The molecule has 28 heavy (non-hydrogen) atoms. The van der Waals surface area contributed by atoms with Crippen molar-refractivity contribution in [2.75, 3.05) is 37.7 Å². The number of nitrogens with zero attached hydrogens (tertiary/aromatic N) is 3. The summed E-state index contributed by atoms with van der Waals surface area (Å²) in [5.41, 5.74) is -0.865. The van der Waals surface area contributed by atoms with Crippen LogP contribution in [0.3, 0.4) is 0 Å². The third kappa shape index (κ3) is 4.86. The molecule has 3 rings (SSSR count). The van der Waals surface area contributed by atoms with E-state index < -0.39 is 21.7 Å². The molecule has 1 amide bonds. The molecule has 1 aromatic heterocycles. The number of carbonyl (C=O) groups excluding carboxylic acids is 1. The number of halogens is 3. The van der Waals surface area contributed by atoms with E-state index >= 15 is 0 Å². The molecular weight excluding hydrogens is 397 g/mol. The second-order valence-electron chi connectivity index (χ2n) is 7.49. The number of nitrogens with one attached hydrogen (secondary N) is 1. The predicted octanol–water partition coefficient (Wildman–Crippen LogP) is 1.64. The van der Waals surface area contributed by atoms with Gasteiger partial charge in [0.15, 0.2) is 9.84 Å². The van der Waals surface area contributed by atoms with E-state index in [4.69, 9.17) is 0 Å². The molecule has 7 nitrogen and oxygen atoms in total. The van der Waals surface area contributed by atoms with Gasteiger partial charge < -0.3 is 9.88 Å². The van der Waals surface area contributed by atoms with E-state index in [0.29, 0.717) is 38.3 Å². The Balaban J connectivity index is 1.61. The number of rotatable bonds is 5. The van der Waals surface area contributed by atoms with Crippen LogP contribution in [0.1, 0.15) is 43.6 Å². The van der Waals surface area contributed by atoms with Crippen LogP contribution in [0.2, 0.25) is 0 Å². The van der Waals surface area contributed by atoms with Gasteiger partial charge in [0, 0.05) is 25.0 Å². The average Bonchev–Trinajstić information content (AvgIpc) is 3.22. The highest BCUT2D eigenvalue weighted by molar-refractivity contribution is 7.91. The quantitative estimate of drug-likeness (QED) is 0.780. The van der Waals surface area contributed by atoms with Crippen molar-refractivity contribution in [2.24, 2.45) is 0 Å². The Bertz CT molecular complexity index is 809. The summed E-state index contributed by atoms with van der Waals surface area (Å²) in [6, 6.07) is -0.289. The predicted molar refractivity (Wildman–Crippen MR) is 96.5 cm³/mol. The molecule has 0 aromatic carbocycles. The van der Waals surface area contributed by atoms with Crippen LogP contribution < -0.4 is 0 Å². The first-order valence-corrected chi connectivity index (χ1v) is 11.3. The number of likely N-dealkylation sites (N-methyl/N-ethyl adjacent to an activating group) is 1. The Kier molecular flexibility index (Phi) is 6.04. The van der Waals surface area contributed by atoms with Gasteiger partial charge in [0.25, 0.3) is 0 Å². The van der Waals surface area contributed by atoms with Crippen molar-refractivity contribution in [1.82, 2.24) is 19.8 Å². The van der Waals surface area contributed by atoms with Crippen LogP contribution in [0.25, 0.3) is 0 Å². The van der Waals surface area contributed by atoms with Gasteiger partial charge in [0.2, 0.25) is 5.91 Å². The lowest BCUT2D eigenvalue weighted by Crippen LogP contribution is -2.48. The van der Waals surface area contributed by atoms with E-state index in [-0.39, 0.29) is 35.9 Å². The largest absolute Gasteiger partial charge is 0.432 e. The fourth-order valence-corrected chi connectivity index (χ4v) is 5.78. The number of carbonyl (C=O) groups is 1. The SMILES string of the molecule is CCN(C(=O)CN1CCC[C@H](c2ncc(C(F)(F)F)[nH]2)C1)[C@H]1CCS(=O)(=O)C1. The van der Waals surface area contributed by atoms with Gasteiger partial charge in [0.05, 0.1) is 24.2 Å².